The van der Waals surface area contributed by atoms with Crippen LogP contribution >= 0.6 is 11.3 Å². The minimum absolute atomic E-state index is 0.536. The number of thiophene rings is 1. The van der Waals surface area contributed by atoms with Gasteiger partial charge in [0.1, 0.15) is 6.33 Å². The van der Waals surface area contributed by atoms with E-state index in [2.05, 4.69) is 14.7 Å². The summed E-state index contributed by atoms with van der Waals surface area (Å²) in [5.41, 5.74) is 3.27. The third-order valence-corrected chi connectivity index (χ3v) is 4.55. The van der Waals surface area contributed by atoms with Gasteiger partial charge in [0.25, 0.3) is 0 Å². The Morgan fingerprint density at radius 1 is 1.14 bits per heavy atom. The molecule has 0 amide bonds. The minimum Gasteiger partial charge on any atom is -0.284 e. The number of fused-ring (bicyclic) bond motifs is 1. The predicted octanol–water partition coefficient (Wildman–Crippen LogP) is 3.04. The lowest BCUT2D eigenvalue weighted by atomic mass is 10.1. The molecule has 108 valence electrons. The van der Waals surface area contributed by atoms with Gasteiger partial charge in [0.05, 0.1) is 22.2 Å². The average Bonchev–Trinajstić information content (AvgIpc) is 2.78. The zero-order valence-corrected chi connectivity index (χ0v) is 13.1. The van der Waals surface area contributed by atoms with Crippen LogP contribution in [0.1, 0.15) is 4.88 Å². The Bertz CT molecular complexity index is 900. The van der Waals surface area contributed by atoms with Crippen molar-refractivity contribution in [3.05, 3.63) is 41.5 Å². The van der Waals surface area contributed by atoms with Crippen molar-refractivity contribution in [1.82, 2.24) is 9.97 Å². The standard InChI is InChI=1S/C14H13N3O2S2/c1-9-7-12-14(20-9)13(16-8-15-12)10-3-5-11(6-4-10)17-21(2,18)19/h3-8,17H,1-2H3. The molecule has 0 fully saturated rings. The highest BCUT2D eigenvalue weighted by Crippen LogP contribution is 2.32. The molecule has 0 radical (unpaired) electrons. The summed E-state index contributed by atoms with van der Waals surface area (Å²) in [6.07, 6.45) is 2.68. The monoisotopic (exact) mass is 319 g/mol. The van der Waals surface area contributed by atoms with E-state index in [4.69, 9.17) is 0 Å². The average molecular weight is 319 g/mol. The summed E-state index contributed by atoms with van der Waals surface area (Å²) >= 11 is 1.65. The van der Waals surface area contributed by atoms with Crippen molar-refractivity contribution in [2.75, 3.05) is 11.0 Å². The van der Waals surface area contributed by atoms with Gasteiger partial charge in [-0.15, -0.1) is 11.3 Å². The molecular formula is C14H13N3O2S2. The zero-order chi connectivity index (χ0) is 15.0. The number of aromatic nitrogens is 2. The van der Waals surface area contributed by atoms with Crippen molar-refractivity contribution in [2.45, 2.75) is 6.92 Å². The lowest BCUT2D eigenvalue weighted by Crippen LogP contribution is -2.09. The fourth-order valence-electron chi connectivity index (χ4n) is 2.09. The van der Waals surface area contributed by atoms with Crippen molar-refractivity contribution >= 4 is 37.3 Å². The Kier molecular flexibility index (Phi) is 3.38. The van der Waals surface area contributed by atoms with E-state index in [0.717, 1.165) is 27.7 Å². The topological polar surface area (TPSA) is 72.0 Å². The van der Waals surface area contributed by atoms with E-state index in [-0.39, 0.29) is 0 Å². The van der Waals surface area contributed by atoms with E-state index in [1.807, 2.05) is 25.1 Å². The lowest BCUT2D eigenvalue weighted by Gasteiger charge is -2.06. The van der Waals surface area contributed by atoms with Crippen LogP contribution in [0.4, 0.5) is 5.69 Å². The van der Waals surface area contributed by atoms with E-state index in [9.17, 15) is 8.42 Å². The Morgan fingerprint density at radius 3 is 2.52 bits per heavy atom. The van der Waals surface area contributed by atoms with Gasteiger partial charge >= 0.3 is 0 Å². The van der Waals surface area contributed by atoms with Gasteiger partial charge in [0, 0.05) is 16.1 Å². The Morgan fingerprint density at radius 2 is 1.86 bits per heavy atom. The van der Waals surface area contributed by atoms with E-state index in [1.54, 1.807) is 29.8 Å². The summed E-state index contributed by atoms with van der Waals surface area (Å²) < 4.78 is 25.9. The lowest BCUT2D eigenvalue weighted by molar-refractivity contribution is 0.607. The second-order valence-corrected chi connectivity index (χ2v) is 7.75. The Hall–Kier alpha value is -1.99. The molecule has 21 heavy (non-hydrogen) atoms. The summed E-state index contributed by atoms with van der Waals surface area (Å²) in [4.78, 5) is 9.80. The van der Waals surface area contributed by atoms with E-state index in [0.29, 0.717) is 5.69 Å². The number of nitrogens with one attached hydrogen (secondary N) is 1. The molecule has 0 bridgehead atoms. The van der Waals surface area contributed by atoms with E-state index < -0.39 is 10.0 Å². The first-order valence-corrected chi connectivity index (χ1v) is 8.92. The number of sulfonamides is 1. The summed E-state index contributed by atoms with van der Waals surface area (Å²) in [5, 5.41) is 0. The highest BCUT2D eigenvalue weighted by molar-refractivity contribution is 7.92. The van der Waals surface area contributed by atoms with E-state index >= 15 is 0 Å². The quantitative estimate of drug-likeness (QED) is 0.805. The van der Waals surface area contributed by atoms with Crippen molar-refractivity contribution in [1.29, 1.82) is 0 Å². The molecule has 2 heterocycles. The van der Waals surface area contributed by atoms with Gasteiger partial charge < -0.3 is 0 Å². The van der Waals surface area contributed by atoms with E-state index in [1.165, 1.54) is 4.88 Å². The van der Waals surface area contributed by atoms with Crippen LogP contribution in [-0.2, 0) is 10.0 Å². The van der Waals surface area contributed by atoms with Crippen LogP contribution in [0.15, 0.2) is 36.7 Å². The maximum atomic E-state index is 11.2. The number of rotatable bonds is 3. The first kappa shape index (κ1) is 14.0. The van der Waals surface area contributed by atoms with Gasteiger partial charge in [0.2, 0.25) is 10.0 Å². The Balaban J connectivity index is 2.03. The van der Waals surface area contributed by atoms with Gasteiger partial charge in [0.15, 0.2) is 0 Å². The molecule has 0 spiro atoms. The molecule has 0 aliphatic carbocycles. The molecule has 3 aromatic rings. The largest absolute Gasteiger partial charge is 0.284 e. The second kappa shape index (κ2) is 5.09. The van der Waals surface area contributed by atoms with Crippen molar-refractivity contribution in [2.24, 2.45) is 0 Å². The maximum Gasteiger partial charge on any atom is 0.229 e. The Labute approximate surface area is 126 Å². The van der Waals surface area contributed by atoms with Gasteiger partial charge in [-0.2, -0.15) is 0 Å². The van der Waals surface area contributed by atoms with Gasteiger partial charge in [-0.3, -0.25) is 4.72 Å². The molecule has 1 N–H and O–H groups in total. The van der Waals surface area contributed by atoms with Crippen LogP contribution < -0.4 is 4.72 Å². The molecule has 1 aromatic carbocycles. The first-order valence-electron chi connectivity index (χ1n) is 6.22. The highest BCUT2D eigenvalue weighted by atomic mass is 32.2. The molecule has 0 atom stereocenters. The van der Waals surface area contributed by atoms with Crippen LogP contribution in [0.25, 0.3) is 21.5 Å². The number of benzene rings is 1. The molecule has 7 heteroatoms. The van der Waals surface area contributed by atoms with Crippen LogP contribution in [-0.4, -0.2) is 24.6 Å². The zero-order valence-electron chi connectivity index (χ0n) is 11.5. The molecular weight excluding hydrogens is 306 g/mol. The molecule has 0 unspecified atom stereocenters. The first-order chi connectivity index (χ1) is 9.92. The molecule has 0 aliphatic heterocycles. The summed E-state index contributed by atoms with van der Waals surface area (Å²) in [6, 6.07) is 9.19. The minimum atomic E-state index is -3.26. The number of hydrogen-bond donors (Lipinski definition) is 1. The molecule has 3 rings (SSSR count). The number of hydrogen-bond acceptors (Lipinski definition) is 5. The van der Waals surface area contributed by atoms with Crippen molar-refractivity contribution in [3.8, 4) is 11.3 Å². The molecule has 0 saturated heterocycles. The van der Waals surface area contributed by atoms with Crippen LogP contribution in [0.3, 0.4) is 0 Å². The van der Waals surface area contributed by atoms with Crippen LogP contribution in [0.2, 0.25) is 0 Å². The predicted molar refractivity (Wildman–Crippen MR) is 86.1 cm³/mol. The molecule has 0 saturated carbocycles. The van der Waals surface area contributed by atoms with Gasteiger partial charge in [-0.1, -0.05) is 12.1 Å². The normalized spacial score (nSPS) is 11.7. The summed E-state index contributed by atoms with van der Waals surface area (Å²) in [6.45, 7) is 2.04. The van der Waals surface area contributed by atoms with Gasteiger partial charge in [-0.25, -0.2) is 18.4 Å². The third-order valence-electron chi connectivity index (χ3n) is 2.90. The highest BCUT2D eigenvalue weighted by Gasteiger charge is 2.09. The van der Waals surface area contributed by atoms with Crippen LogP contribution in [0, 0.1) is 6.92 Å². The fourth-order valence-corrected chi connectivity index (χ4v) is 3.63. The number of anilines is 1. The maximum absolute atomic E-state index is 11.2. The number of aryl methyl sites for hydroxylation is 1. The third kappa shape index (κ3) is 3.03. The smallest absolute Gasteiger partial charge is 0.229 e. The molecule has 0 aliphatic rings. The second-order valence-electron chi connectivity index (χ2n) is 4.75. The molecule has 5 nitrogen and oxygen atoms in total. The van der Waals surface area contributed by atoms with Gasteiger partial charge in [-0.05, 0) is 25.1 Å². The molecule has 2 aromatic heterocycles. The fraction of sp³-hybridized carbons (Fsp3) is 0.143. The van der Waals surface area contributed by atoms with Crippen molar-refractivity contribution in [3.63, 3.8) is 0 Å². The number of nitrogens with zero attached hydrogens (tertiary/aromatic N) is 2. The summed E-state index contributed by atoms with van der Waals surface area (Å²) in [5.74, 6) is 0. The summed E-state index contributed by atoms with van der Waals surface area (Å²) in [7, 11) is -3.26. The SMILES string of the molecule is Cc1cc2ncnc(-c3ccc(NS(C)(=O)=O)cc3)c2s1. The van der Waals surface area contributed by atoms with Crippen molar-refractivity contribution < 1.29 is 8.42 Å². The van der Waals surface area contributed by atoms with Crippen LogP contribution in [0.5, 0.6) is 0 Å².